The molecule has 0 fully saturated rings. The van der Waals surface area contributed by atoms with Crippen LogP contribution < -0.4 is 5.32 Å². The number of rotatable bonds is 2. The summed E-state index contributed by atoms with van der Waals surface area (Å²) in [5.74, 6) is 0. The summed E-state index contributed by atoms with van der Waals surface area (Å²) in [5.41, 5.74) is 4.48. The summed E-state index contributed by atoms with van der Waals surface area (Å²) in [7, 11) is 1.99. The van der Waals surface area contributed by atoms with Gasteiger partial charge in [-0.05, 0) is 55.5 Å². The maximum atomic E-state index is 3.68. The predicted molar refractivity (Wildman–Crippen MR) is 63.5 cm³/mol. The summed E-state index contributed by atoms with van der Waals surface area (Å²) >= 11 is 3.68. The molecule has 0 bridgehead atoms. The van der Waals surface area contributed by atoms with Gasteiger partial charge in [-0.1, -0.05) is 22.0 Å². The molecule has 0 amide bonds. The number of halogens is 1. The van der Waals surface area contributed by atoms with Crippen molar-refractivity contribution in [2.24, 2.45) is 0 Å². The van der Waals surface area contributed by atoms with E-state index in [1.165, 1.54) is 41.3 Å². The van der Waals surface area contributed by atoms with Gasteiger partial charge in [0.1, 0.15) is 0 Å². The third-order valence-corrected chi connectivity index (χ3v) is 3.56. The van der Waals surface area contributed by atoms with E-state index >= 15 is 0 Å². The van der Waals surface area contributed by atoms with Crippen LogP contribution in [0, 0.1) is 0 Å². The zero-order valence-electron chi connectivity index (χ0n) is 8.57. The third kappa shape index (κ3) is 2.01. The molecule has 14 heavy (non-hydrogen) atoms. The molecule has 1 nitrogen and oxygen atoms in total. The molecule has 1 N–H and O–H groups in total. The van der Waals surface area contributed by atoms with Crippen molar-refractivity contribution in [1.82, 2.24) is 5.32 Å². The average Bonchev–Trinajstić information content (AvgIpc) is 2.18. The monoisotopic (exact) mass is 253 g/mol. The molecule has 0 aliphatic heterocycles. The molecule has 2 heteroatoms. The number of nitrogens with one attached hydrogen (secondary N) is 1. The topological polar surface area (TPSA) is 12.0 Å². The van der Waals surface area contributed by atoms with Gasteiger partial charge in [0.25, 0.3) is 0 Å². The Balaban J connectivity index is 2.36. The highest BCUT2D eigenvalue weighted by molar-refractivity contribution is 9.10. The van der Waals surface area contributed by atoms with E-state index in [-0.39, 0.29) is 0 Å². The maximum absolute atomic E-state index is 3.68. The Morgan fingerprint density at radius 2 is 2.07 bits per heavy atom. The molecule has 0 atom stereocenters. The minimum atomic E-state index is 0.964. The van der Waals surface area contributed by atoms with Crippen LogP contribution in [0.25, 0.3) is 0 Å². The van der Waals surface area contributed by atoms with Crippen molar-refractivity contribution in [3.05, 3.63) is 33.3 Å². The Bertz CT molecular complexity index is 333. The maximum Gasteiger partial charge on any atom is 0.0213 e. The van der Waals surface area contributed by atoms with Crippen molar-refractivity contribution < 1.29 is 0 Å². The highest BCUT2D eigenvalue weighted by atomic mass is 79.9. The van der Waals surface area contributed by atoms with Gasteiger partial charge in [0.05, 0.1) is 0 Å². The number of hydrogen-bond acceptors (Lipinski definition) is 1. The van der Waals surface area contributed by atoms with Crippen molar-refractivity contribution >= 4 is 15.9 Å². The summed E-state index contributed by atoms with van der Waals surface area (Å²) < 4.78 is 1.31. The molecule has 0 unspecified atom stereocenters. The van der Waals surface area contributed by atoms with Crippen LogP contribution in [0.4, 0.5) is 0 Å². The number of aryl methyl sites for hydroxylation is 1. The van der Waals surface area contributed by atoms with Crippen LogP contribution >= 0.6 is 15.9 Å². The van der Waals surface area contributed by atoms with Crippen LogP contribution in [-0.4, -0.2) is 7.05 Å². The largest absolute Gasteiger partial charge is 0.316 e. The SMILES string of the molecule is CNCc1cc(Br)c2c(c1)CCCC2. The van der Waals surface area contributed by atoms with Gasteiger partial charge in [-0.3, -0.25) is 0 Å². The fraction of sp³-hybridized carbons (Fsp3) is 0.500. The van der Waals surface area contributed by atoms with Crippen LogP contribution in [0.1, 0.15) is 29.5 Å². The van der Waals surface area contributed by atoms with Gasteiger partial charge < -0.3 is 5.32 Å². The molecule has 2 rings (SSSR count). The van der Waals surface area contributed by atoms with E-state index in [1.807, 2.05) is 7.05 Å². The first kappa shape index (κ1) is 10.2. The van der Waals surface area contributed by atoms with Gasteiger partial charge in [-0.25, -0.2) is 0 Å². The van der Waals surface area contributed by atoms with Crippen LogP contribution in [0.15, 0.2) is 16.6 Å². The Hall–Kier alpha value is -0.340. The van der Waals surface area contributed by atoms with E-state index in [0.29, 0.717) is 0 Å². The van der Waals surface area contributed by atoms with Gasteiger partial charge in [-0.15, -0.1) is 0 Å². The van der Waals surface area contributed by atoms with Crippen molar-refractivity contribution in [2.45, 2.75) is 32.2 Å². The quantitative estimate of drug-likeness (QED) is 0.855. The number of fused-ring (bicyclic) bond motifs is 1. The number of hydrogen-bond donors (Lipinski definition) is 1. The molecule has 1 aliphatic carbocycles. The van der Waals surface area contributed by atoms with E-state index < -0.39 is 0 Å². The first-order chi connectivity index (χ1) is 6.81. The zero-order valence-corrected chi connectivity index (χ0v) is 10.2. The highest BCUT2D eigenvalue weighted by Gasteiger charge is 2.12. The smallest absolute Gasteiger partial charge is 0.0213 e. The van der Waals surface area contributed by atoms with Gasteiger partial charge in [-0.2, -0.15) is 0 Å². The Morgan fingerprint density at radius 3 is 2.86 bits per heavy atom. The normalized spacial score (nSPS) is 15.3. The standard InChI is InChI=1S/C12H16BrN/c1-14-8-9-6-10-4-2-3-5-11(10)12(13)7-9/h6-7,14H,2-5,8H2,1H3. The van der Waals surface area contributed by atoms with Crippen LogP contribution in [0.5, 0.6) is 0 Å². The lowest BCUT2D eigenvalue weighted by Crippen LogP contribution is -2.09. The molecule has 0 heterocycles. The first-order valence-corrected chi connectivity index (χ1v) is 6.05. The second kappa shape index (κ2) is 4.45. The Labute approximate surface area is 94.0 Å². The molecule has 76 valence electrons. The molecular weight excluding hydrogens is 238 g/mol. The van der Waals surface area contributed by atoms with Crippen LogP contribution in [0.3, 0.4) is 0 Å². The molecule has 0 saturated heterocycles. The lowest BCUT2D eigenvalue weighted by Gasteiger charge is -2.18. The molecule has 1 aliphatic rings. The summed E-state index contributed by atoms with van der Waals surface area (Å²) in [6.45, 7) is 0.964. The molecule has 0 spiro atoms. The lowest BCUT2D eigenvalue weighted by molar-refractivity contribution is 0.680. The first-order valence-electron chi connectivity index (χ1n) is 5.26. The minimum Gasteiger partial charge on any atom is -0.316 e. The molecule has 0 radical (unpaired) electrons. The lowest BCUT2D eigenvalue weighted by atomic mass is 9.90. The van der Waals surface area contributed by atoms with Crippen molar-refractivity contribution in [3.63, 3.8) is 0 Å². The summed E-state index contributed by atoms with van der Waals surface area (Å²) in [5, 5.41) is 3.20. The van der Waals surface area contributed by atoms with E-state index in [4.69, 9.17) is 0 Å². The number of benzene rings is 1. The third-order valence-electron chi connectivity index (χ3n) is 2.85. The minimum absolute atomic E-state index is 0.964. The van der Waals surface area contributed by atoms with Gasteiger partial charge in [0.2, 0.25) is 0 Å². The van der Waals surface area contributed by atoms with Crippen molar-refractivity contribution in [3.8, 4) is 0 Å². The van der Waals surface area contributed by atoms with Gasteiger partial charge >= 0.3 is 0 Å². The molecule has 1 aromatic carbocycles. The summed E-state index contributed by atoms with van der Waals surface area (Å²) in [6.07, 6.45) is 5.20. The van der Waals surface area contributed by atoms with Crippen LogP contribution in [-0.2, 0) is 19.4 Å². The van der Waals surface area contributed by atoms with E-state index in [2.05, 4.69) is 33.4 Å². The molecule has 1 aromatic rings. The molecular formula is C12H16BrN. The highest BCUT2D eigenvalue weighted by Crippen LogP contribution is 2.29. The summed E-state index contributed by atoms with van der Waals surface area (Å²) in [6, 6.07) is 4.61. The summed E-state index contributed by atoms with van der Waals surface area (Å²) in [4.78, 5) is 0. The fourth-order valence-corrected chi connectivity index (χ4v) is 2.93. The van der Waals surface area contributed by atoms with E-state index in [1.54, 1.807) is 5.56 Å². The van der Waals surface area contributed by atoms with Crippen molar-refractivity contribution in [2.75, 3.05) is 7.05 Å². The second-order valence-electron chi connectivity index (χ2n) is 3.95. The van der Waals surface area contributed by atoms with E-state index in [9.17, 15) is 0 Å². The Morgan fingerprint density at radius 1 is 1.29 bits per heavy atom. The molecule has 0 saturated carbocycles. The van der Waals surface area contributed by atoms with Crippen molar-refractivity contribution in [1.29, 1.82) is 0 Å². The molecule has 0 aromatic heterocycles. The Kier molecular flexibility index (Phi) is 3.24. The van der Waals surface area contributed by atoms with Gasteiger partial charge in [0.15, 0.2) is 0 Å². The average molecular weight is 254 g/mol. The second-order valence-corrected chi connectivity index (χ2v) is 4.81. The van der Waals surface area contributed by atoms with Crippen LogP contribution in [0.2, 0.25) is 0 Å². The van der Waals surface area contributed by atoms with Gasteiger partial charge in [0, 0.05) is 11.0 Å². The zero-order chi connectivity index (χ0) is 9.97. The van der Waals surface area contributed by atoms with E-state index in [0.717, 1.165) is 6.54 Å². The fourth-order valence-electron chi connectivity index (χ4n) is 2.18. The predicted octanol–water partition coefficient (Wildman–Crippen LogP) is 3.05.